The lowest BCUT2D eigenvalue weighted by molar-refractivity contribution is 0.0950. The Morgan fingerprint density at radius 1 is 1.30 bits per heavy atom. The van der Waals surface area contributed by atoms with Crippen LogP contribution in [-0.4, -0.2) is 43.9 Å². The largest absolute Gasteiger partial charge is 0.396 e. The van der Waals surface area contributed by atoms with Crippen LogP contribution in [-0.2, 0) is 0 Å². The van der Waals surface area contributed by atoms with Crippen LogP contribution in [0.1, 0.15) is 53.6 Å². The molecule has 124 valence electrons. The molecule has 0 aliphatic carbocycles. The molecule has 0 aromatic carbocycles. The molecular formula is C16H23N5O2. The van der Waals surface area contributed by atoms with Crippen molar-refractivity contribution in [1.29, 1.82) is 0 Å². The molecule has 2 aromatic rings. The Balaban J connectivity index is 2.36. The molecule has 7 nitrogen and oxygen atoms in total. The van der Waals surface area contributed by atoms with E-state index < -0.39 is 0 Å². The highest BCUT2D eigenvalue weighted by Crippen LogP contribution is 2.19. The molecule has 23 heavy (non-hydrogen) atoms. The molecule has 2 aromatic heterocycles. The minimum atomic E-state index is -0.197. The van der Waals surface area contributed by atoms with Gasteiger partial charge in [-0.2, -0.15) is 5.10 Å². The lowest BCUT2D eigenvalue weighted by Crippen LogP contribution is -2.25. The van der Waals surface area contributed by atoms with E-state index in [1.807, 2.05) is 33.8 Å². The van der Waals surface area contributed by atoms with Gasteiger partial charge in [0.25, 0.3) is 11.9 Å². The van der Waals surface area contributed by atoms with Crippen molar-refractivity contribution in [3.8, 4) is 5.95 Å². The van der Waals surface area contributed by atoms with E-state index in [-0.39, 0.29) is 18.4 Å². The van der Waals surface area contributed by atoms with Crippen molar-refractivity contribution in [3.63, 3.8) is 0 Å². The highest BCUT2D eigenvalue weighted by molar-refractivity contribution is 5.95. The minimum Gasteiger partial charge on any atom is -0.396 e. The van der Waals surface area contributed by atoms with Gasteiger partial charge in [-0.15, -0.1) is 0 Å². The van der Waals surface area contributed by atoms with Crippen LogP contribution >= 0.6 is 0 Å². The summed E-state index contributed by atoms with van der Waals surface area (Å²) in [7, 11) is 0. The van der Waals surface area contributed by atoms with Gasteiger partial charge in [0.05, 0.1) is 11.3 Å². The topological polar surface area (TPSA) is 92.9 Å². The van der Waals surface area contributed by atoms with Crippen molar-refractivity contribution in [2.45, 2.75) is 40.0 Å². The third-order valence-corrected chi connectivity index (χ3v) is 3.33. The molecule has 0 saturated carbocycles. The number of hydrogen-bond donors (Lipinski definition) is 2. The van der Waals surface area contributed by atoms with E-state index in [0.29, 0.717) is 30.2 Å². The molecule has 0 fully saturated rings. The number of nitrogens with one attached hydrogen (secondary N) is 1. The Morgan fingerprint density at radius 2 is 1.96 bits per heavy atom. The zero-order valence-electron chi connectivity index (χ0n) is 14.0. The van der Waals surface area contributed by atoms with E-state index in [4.69, 9.17) is 5.11 Å². The van der Waals surface area contributed by atoms with Gasteiger partial charge in [-0.05, 0) is 32.3 Å². The third-order valence-electron chi connectivity index (χ3n) is 3.33. The molecular weight excluding hydrogens is 294 g/mol. The van der Waals surface area contributed by atoms with E-state index in [9.17, 15) is 4.79 Å². The lowest BCUT2D eigenvalue weighted by atomic mass is 10.1. The fourth-order valence-corrected chi connectivity index (χ4v) is 2.28. The van der Waals surface area contributed by atoms with Crippen LogP contribution in [0.25, 0.3) is 5.95 Å². The SMILES string of the molecule is Cc1cc(C)nc(-n2cc(C(=O)NCCCO)c(C(C)C)n2)n1. The van der Waals surface area contributed by atoms with E-state index in [1.165, 1.54) is 0 Å². The van der Waals surface area contributed by atoms with Crippen LogP contribution in [0, 0.1) is 13.8 Å². The number of aromatic nitrogens is 4. The number of hydrogen-bond acceptors (Lipinski definition) is 5. The molecule has 0 atom stereocenters. The number of carbonyl (C=O) groups excluding carboxylic acids is 1. The van der Waals surface area contributed by atoms with Crippen molar-refractivity contribution < 1.29 is 9.90 Å². The van der Waals surface area contributed by atoms with Crippen molar-refractivity contribution in [2.75, 3.05) is 13.2 Å². The Labute approximate surface area is 135 Å². The van der Waals surface area contributed by atoms with E-state index in [1.54, 1.807) is 10.9 Å². The zero-order valence-corrected chi connectivity index (χ0v) is 14.0. The van der Waals surface area contributed by atoms with Crippen LogP contribution in [0.5, 0.6) is 0 Å². The number of amides is 1. The van der Waals surface area contributed by atoms with Crippen LogP contribution in [0.4, 0.5) is 0 Å². The summed E-state index contributed by atoms with van der Waals surface area (Å²) in [4.78, 5) is 21.1. The summed E-state index contributed by atoms with van der Waals surface area (Å²) >= 11 is 0. The molecule has 1 amide bonds. The van der Waals surface area contributed by atoms with Crippen molar-refractivity contribution in [2.24, 2.45) is 0 Å². The first kappa shape index (κ1) is 17.1. The molecule has 0 aliphatic rings. The number of aliphatic hydroxyl groups is 1. The smallest absolute Gasteiger partial charge is 0.254 e. The van der Waals surface area contributed by atoms with Gasteiger partial charge >= 0.3 is 0 Å². The van der Waals surface area contributed by atoms with Crippen molar-refractivity contribution in [3.05, 3.63) is 34.9 Å². The molecule has 0 unspecified atom stereocenters. The molecule has 0 saturated heterocycles. The predicted molar refractivity (Wildman–Crippen MR) is 86.8 cm³/mol. The van der Waals surface area contributed by atoms with E-state index >= 15 is 0 Å². The maximum absolute atomic E-state index is 12.3. The second-order valence-corrected chi connectivity index (χ2v) is 5.81. The monoisotopic (exact) mass is 317 g/mol. The standard InChI is InChI=1S/C16H23N5O2/c1-10(2)14-13(15(23)17-6-5-7-22)9-21(20-14)16-18-11(3)8-12(4)19-16/h8-10,22H,5-7H2,1-4H3,(H,17,23). The van der Waals surface area contributed by atoms with Crippen LogP contribution in [0.3, 0.4) is 0 Å². The van der Waals surface area contributed by atoms with Crippen molar-refractivity contribution in [1.82, 2.24) is 25.1 Å². The molecule has 2 N–H and O–H groups in total. The second kappa shape index (κ2) is 7.32. The van der Waals surface area contributed by atoms with E-state index in [2.05, 4.69) is 20.4 Å². The van der Waals surface area contributed by atoms with Gasteiger partial charge in [0, 0.05) is 30.7 Å². The summed E-state index contributed by atoms with van der Waals surface area (Å²) in [5.41, 5.74) is 2.92. The van der Waals surface area contributed by atoms with Crippen LogP contribution in [0.15, 0.2) is 12.3 Å². The summed E-state index contributed by atoms with van der Waals surface area (Å²) < 4.78 is 1.55. The molecule has 0 radical (unpaired) electrons. The normalized spacial score (nSPS) is 11.0. The first-order valence-corrected chi connectivity index (χ1v) is 7.73. The van der Waals surface area contributed by atoms with Gasteiger partial charge in [0.1, 0.15) is 0 Å². The predicted octanol–water partition coefficient (Wildman–Crippen LogP) is 1.51. The third kappa shape index (κ3) is 4.13. The number of rotatable bonds is 6. The fraction of sp³-hybridized carbons (Fsp3) is 0.500. The average molecular weight is 317 g/mol. The minimum absolute atomic E-state index is 0.0486. The van der Waals surface area contributed by atoms with Crippen molar-refractivity contribution >= 4 is 5.91 Å². The van der Waals surface area contributed by atoms with Gasteiger partial charge in [-0.3, -0.25) is 4.79 Å². The van der Waals surface area contributed by atoms with E-state index in [0.717, 1.165) is 11.4 Å². The molecule has 2 heterocycles. The Kier molecular flexibility index (Phi) is 5.44. The number of aliphatic hydroxyl groups excluding tert-OH is 1. The second-order valence-electron chi connectivity index (χ2n) is 5.81. The molecule has 0 spiro atoms. The summed E-state index contributed by atoms with van der Waals surface area (Å²) in [5.74, 6) is 0.359. The summed E-state index contributed by atoms with van der Waals surface area (Å²) in [6, 6.07) is 1.89. The lowest BCUT2D eigenvalue weighted by Gasteiger charge is -2.05. The molecule has 0 aliphatic heterocycles. The highest BCUT2D eigenvalue weighted by Gasteiger charge is 2.20. The first-order valence-electron chi connectivity index (χ1n) is 7.73. The quantitative estimate of drug-likeness (QED) is 0.788. The summed E-state index contributed by atoms with van der Waals surface area (Å²) in [6.45, 7) is 8.24. The summed E-state index contributed by atoms with van der Waals surface area (Å²) in [5, 5.41) is 16.1. The Bertz CT molecular complexity index is 674. The fourth-order valence-electron chi connectivity index (χ4n) is 2.28. The zero-order chi connectivity index (χ0) is 17.0. The maximum atomic E-state index is 12.3. The van der Waals surface area contributed by atoms with Crippen LogP contribution < -0.4 is 5.32 Å². The Morgan fingerprint density at radius 3 is 2.52 bits per heavy atom. The number of aryl methyl sites for hydroxylation is 2. The highest BCUT2D eigenvalue weighted by atomic mass is 16.3. The summed E-state index contributed by atoms with van der Waals surface area (Å²) in [6.07, 6.45) is 2.19. The molecule has 7 heteroatoms. The van der Waals surface area contributed by atoms with Gasteiger partial charge < -0.3 is 10.4 Å². The van der Waals surface area contributed by atoms with Gasteiger partial charge in [-0.25, -0.2) is 14.6 Å². The average Bonchev–Trinajstić information content (AvgIpc) is 2.92. The number of nitrogens with zero attached hydrogens (tertiary/aromatic N) is 4. The van der Waals surface area contributed by atoms with Gasteiger partial charge in [0.15, 0.2) is 0 Å². The van der Waals surface area contributed by atoms with Crippen LogP contribution in [0.2, 0.25) is 0 Å². The van der Waals surface area contributed by atoms with Gasteiger partial charge in [-0.1, -0.05) is 13.8 Å². The van der Waals surface area contributed by atoms with Gasteiger partial charge in [0.2, 0.25) is 0 Å². The molecule has 0 bridgehead atoms. The molecule has 2 rings (SSSR count). The first-order chi connectivity index (χ1) is 10.9. The maximum Gasteiger partial charge on any atom is 0.254 e. The number of carbonyl (C=O) groups is 1. The Hall–Kier alpha value is -2.28.